The molecule has 0 aliphatic heterocycles. The zero-order valence-electron chi connectivity index (χ0n) is 7.07. The number of carbonyl (C=O) groups is 1. The Bertz CT molecular complexity index is 164. The van der Waals surface area contributed by atoms with Gasteiger partial charge in [-0.15, -0.1) is 0 Å². The van der Waals surface area contributed by atoms with Gasteiger partial charge in [0.05, 0.1) is 0 Å². The van der Waals surface area contributed by atoms with Crippen LogP contribution in [0.4, 0.5) is 0 Å². The Morgan fingerprint density at radius 3 is 2.25 bits per heavy atom. The molecule has 0 saturated heterocycles. The molecule has 1 saturated carbocycles. The van der Waals surface area contributed by atoms with E-state index in [9.17, 15) is 9.90 Å². The summed E-state index contributed by atoms with van der Waals surface area (Å²) in [7, 11) is 0. The van der Waals surface area contributed by atoms with E-state index < -0.39 is 12.0 Å². The van der Waals surface area contributed by atoms with E-state index in [4.69, 9.17) is 11.5 Å². The second-order valence-electron chi connectivity index (χ2n) is 3.52. The zero-order chi connectivity index (χ0) is 9.14. The number of rotatable bonds is 2. The first-order valence-electron chi connectivity index (χ1n) is 4.34. The van der Waals surface area contributed by atoms with E-state index >= 15 is 0 Å². The highest BCUT2D eigenvalue weighted by Gasteiger charge is 2.27. The van der Waals surface area contributed by atoms with Crippen molar-refractivity contribution in [2.45, 2.75) is 37.8 Å². The molecule has 4 nitrogen and oxygen atoms in total. The van der Waals surface area contributed by atoms with Gasteiger partial charge < -0.3 is 16.6 Å². The van der Waals surface area contributed by atoms with Crippen LogP contribution >= 0.6 is 0 Å². The standard InChI is InChI=1S/C8H16N2O2/c9-6-3-1-5(2-4-6)7(11)8(10)12/h5-7,11H,1-4,9H2,(H2,10,12)/t5-,6-,7-/m1/s1. The monoisotopic (exact) mass is 172 g/mol. The summed E-state index contributed by atoms with van der Waals surface area (Å²) in [6.45, 7) is 0. The van der Waals surface area contributed by atoms with Crippen molar-refractivity contribution in [3.05, 3.63) is 0 Å². The molecule has 1 fully saturated rings. The molecule has 1 amide bonds. The quantitative estimate of drug-likeness (QED) is 0.517. The van der Waals surface area contributed by atoms with Crippen molar-refractivity contribution in [3.8, 4) is 0 Å². The zero-order valence-corrected chi connectivity index (χ0v) is 7.07. The molecular weight excluding hydrogens is 156 g/mol. The fourth-order valence-corrected chi connectivity index (χ4v) is 1.69. The van der Waals surface area contributed by atoms with Crippen molar-refractivity contribution in [1.82, 2.24) is 0 Å². The molecule has 1 rings (SSSR count). The van der Waals surface area contributed by atoms with Gasteiger partial charge in [0.25, 0.3) is 0 Å². The summed E-state index contributed by atoms with van der Waals surface area (Å²) in [6, 6.07) is 0.237. The molecule has 0 radical (unpaired) electrons. The first-order valence-corrected chi connectivity index (χ1v) is 4.34. The Hall–Kier alpha value is -0.610. The largest absolute Gasteiger partial charge is 0.383 e. The van der Waals surface area contributed by atoms with Crippen molar-refractivity contribution < 1.29 is 9.90 Å². The molecule has 0 aromatic heterocycles. The molecule has 0 spiro atoms. The van der Waals surface area contributed by atoms with E-state index in [0.717, 1.165) is 25.7 Å². The summed E-state index contributed by atoms with van der Waals surface area (Å²) in [5.41, 5.74) is 10.7. The highest BCUT2D eigenvalue weighted by atomic mass is 16.3. The lowest BCUT2D eigenvalue weighted by atomic mass is 9.83. The van der Waals surface area contributed by atoms with Crippen molar-refractivity contribution >= 4 is 5.91 Å². The van der Waals surface area contributed by atoms with Crippen molar-refractivity contribution in [2.24, 2.45) is 17.4 Å². The molecule has 1 aliphatic rings. The van der Waals surface area contributed by atoms with E-state index in [0.29, 0.717) is 0 Å². The number of hydrogen-bond donors (Lipinski definition) is 3. The van der Waals surface area contributed by atoms with Crippen LogP contribution in [0.3, 0.4) is 0 Å². The third-order valence-corrected chi connectivity index (χ3v) is 2.55. The molecule has 0 aromatic carbocycles. The number of nitrogens with two attached hydrogens (primary N) is 2. The fourth-order valence-electron chi connectivity index (χ4n) is 1.69. The van der Waals surface area contributed by atoms with Gasteiger partial charge in [-0.1, -0.05) is 0 Å². The minimum Gasteiger partial charge on any atom is -0.383 e. The first kappa shape index (κ1) is 9.48. The van der Waals surface area contributed by atoms with E-state index in [1.165, 1.54) is 0 Å². The summed E-state index contributed by atoms with van der Waals surface area (Å²) in [4.78, 5) is 10.6. The number of hydrogen-bond acceptors (Lipinski definition) is 3. The van der Waals surface area contributed by atoms with Gasteiger partial charge in [-0.05, 0) is 31.6 Å². The van der Waals surface area contributed by atoms with Crippen LogP contribution in [-0.2, 0) is 4.79 Å². The van der Waals surface area contributed by atoms with Crippen molar-refractivity contribution in [2.75, 3.05) is 0 Å². The maximum atomic E-state index is 10.6. The lowest BCUT2D eigenvalue weighted by Gasteiger charge is -2.27. The maximum Gasteiger partial charge on any atom is 0.246 e. The molecule has 1 aliphatic carbocycles. The Morgan fingerprint density at radius 2 is 1.83 bits per heavy atom. The molecule has 0 aromatic rings. The Morgan fingerprint density at radius 1 is 1.33 bits per heavy atom. The van der Waals surface area contributed by atoms with Crippen LogP contribution in [0.1, 0.15) is 25.7 Å². The summed E-state index contributed by atoms with van der Waals surface area (Å²) >= 11 is 0. The number of amides is 1. The lowest BCUT2D eigenvalue weighted by Crippen LogP contribution is -2.39. The van der Waals surface area contributed by atoms with Crippen molar-refractivity contribution in [1.29, 1.82) is 0 Å². The smallest absolute Gasteiger partial charge is 0.246 e. The Balaban J connectivity index is 2.39. The maximum absolute atomic E-state index is 10.6. The van der Waals surface area contributed by atoms with Gasteiger partial charge in [0.15, 0.2) is 0 Å². The normalized spacial score (nSPS) is 32.8. The first-order chi connectivity index (χ1) is 5.61. The predicted octanol–water partition coefficient (Wildman–Crippen LogP) is -0.650. The fraction of sp³-hybridized carbons (Fsp3) is 0.875. The van der Waals surface area contributed by atoms with Crippen LogP contribution < -0.4 is 11.5 Å². The molecule has 0 bridgehead atoms. The summed E-state index contributed by atoms with van der Waals surface area (Å²) in [6.07, 6.45) is 2.41. The van der Waals surface area contributed by atoms with Crippen LogP contribution in [0.15, 0.2) is 0 Å². The average molecular weight is 172 g/mol. The topological polar surface area (TPSA) is 89.3 Å². The van der Waals surface area contributed by atoms with E-state index in [2.05, 4.69) is 0 Å². The lowest BCUT2D eigenvalue weighted by molar-refractivity contribution is -0.129. The van der Waals surface area contributed by atoms with Crippen LogP contribution in [0.2, 0.25) is 0 Å². The van der Waals surface area contributed by atoms with Gasteiger partial charge in [0, 0.05) is 6.04 Å². The minimum atomic E-state index is -0.975. The van der Waals surface area contributed by atoms with Gasteiger partial charge in [-0.2, -0.15) is 0 Å². The average Bonchev–Trinajstić information content (AvgIpc) is 2.04. The molecular formula is C8H16N2O2. The van der Waals surface area contributed by atoms with Gasteiger partial charge in [-0.25, -0.2) is 0 Å². The van der Waals surface area contributed by atoms with Crippen LogP contribution in [0, 0.1) is 5.92 Å². The molecule has 0 unspecified atom stereocenters. The summed E-state index contributed by atoms with van der Waals surface area (Å²) in [5.74, 6) is -0.585. The second-order valence-corrected chi connectivity index (χ2v) is 3.52. The Labute approximate surface area is 71.9 Å². The van der Waals surface area contributed by atoms with E-state index in [-0.39, 0.29) is 12.0 Å². The van der Waals surface area contributed by atoms with Gasteiger partial charge in [0.2, 0.25) is 5.91 Å². The van der Waals surface area contributed by atoms with Crippen LogP contribution in [-0.4, -0.2) is 23.2 Å². The Kier molecular flexibility index (Phi) is 3.05. The van der Waals surface area contributed by atoms with Crippen molar-refractivity contribution in [3.63, 3.8) is 0 Å². The molecule has 1 atom stereocenters. The molecule has 4 heteroatoms. The number of carbonyl (C=O) groups excluding carboxylic acids is 1. The molecule has 12 heavy (non-hydrogen) atoms. The van der Waals surface area contributed by atoms with E-state index in [1.807, 2.05) is 0 Å². The predicted molar refractivity (Wildman–Crippen MR) is 45.1 cm³/mol. The van der Waals surface area contributed by atoms with E-state index in [1.54, 1.807) is 0 Å². The highest BCUT2D eigenvalue weighted by Crippen LogP contribution is 2.25. The van der Waals surface area contributed by atoms with Crippen LogP contribution in [0.25, 0.3) is 0 Å². The molecule has 5 N–H and O–H groups in total. The molecule has 0 heterocycles. The van der Waals surface area contributed by atoms with Gasteiger partial charge >= 0.3 is 0 Å². The third kappa shape index (κ3) is 2.19. The third-order valence-electron chi connectivity index (χ3n) is 2.55. The second kappa shape index (κ2) is 3.87. The SMILES string of the molecule is NC(=O)[C@H](O)[C@H]1CC[C@H](N)CC1. The number of aliphatic hydroxyl groups excluding tert-OH is 1. The summed E-state index contributed by atoms with van der Waals surface area (Å²) < 4.78 is 0. The number of aliphatic hydroxyl groups is 1. The minimum absolute atomic E-state index is 0.0299. The van der Waals surface area contributed by atoms with Crippen LogP contribution in [0.5, 0.6) is 0 Å². The number of primary amides is 1. The van der Waals surface area contributed by atoms with Gasteiger partial charge in [-0.3, -0.25) is 4.79 Å². The van der Waals surface area contributed by atoms with Gasteiger partial charge in [0.1, 0.15) is 6.10 Å². The highest BCUT2D eigenvalue weighted by molar-refractivity contribution is 5.78. The summed E-state index contributed by atoms with van der Waals surface area (Å²) in [5, 5.41) is 9.32. The molecule has 70 valence electrons.